The number of nitrogens with one attached hydrogen (secondary N) is 2. The molecule has 0 saturated carbocycles. The van der Waals surface area contributed by atoms with E-state index in [4.69, 9.17) is 5.41 Å². The van der Waals surface area contributed by atoms with Crippen LogP contribution < -0.4 is 10.3 Å². The maximum atomic E-state index is 14.8. The summed E-state index contributed by atoms with van der Waals surface area (Å²) in [5, 5.41) is 13.8. The number of allylic oxidation sites excluding steroid dienone is 1. The number of hydrogen-bond acceptors (Lipinski definition) is 5. The van der Waals surface area contributed by atoms with Crippen LogP contribution in [0.2, 0.25) is 0 Å². The van der Waals surface area contributed by atoms with E-state index in [1.165, 1.54) is 4.88 Å². The van der Waals surface area contributed by atoms with Gasteiger partial charge in [0.2, 0.25) is 0 Å². The van der Waals surface area contributed by atoms with Gasteiger partial charge in [-0.1, -0.05) is 36.4 Å². The van der Waals surface area contributed by atoms with Crippen molar-refractivity contribution in [1.29, 1.82) is 5.41 Å². The molecule has 33 heavy (non-hydrogen) atoms. The average Bonchev–Trinajstić information content (AvgIpc) is 3.08. The molecule has 1 unspecified atom stereocenters. The molecule has 0 fully saturated rings. The summed E-state index contributed by atoms with van der Waals surface area (Å²) in [6.45, 7) is 17.4. The first-order valence-electron chi connectivity index (χ1n) is 10.8. The molecule has 0 aliphatic carbocycles. The Kier molecular flexibility index (Phi) is 7.18. The molecule has 3 rings (SSSR count). The summed E-state index contributed by atoms with van der Waals surface area (Å²) >= 11 is 1.66. The molecule has 0 radical (unpaired) electrons. The molecule has 172 valence electrons. The number of benzene rings is 2. The van der Waals surface area contributed by atoms with E-state index in [1.807, 2.05) is 65.1 Å². The predicted octanol–water partition coefficient (Wildman–Crippen LogP) is 6.92. The van der Waals surface area contributed by atoms with Gasteiger partial charge in [0.25, 0.3) is 0 Å². The minimum atomic E-state index is -0.271. The molecule has 0 bridgehead atoms. The minimum absolute atomic E-state index is 0.0673. The smallest absolute Gasteiger partial charge is 0.131 e. The molecule has 1 aromatic heterocycles. The lowest BCUT2D eigenvalue weighted by Gasteiger charge is -2.26. The molecule has 2 aromatic carbocycles. The zero-order valence-electron chi connectivity index (χ0n) is 20.1. The summed E-state index contributed by atoms with van der Waals surface area (Å²) in [7, 11) is 1.98. The second kappa shape index (κ2) is 9.71. The summed E-state index contributed by atoms with van der Waals surface area (Å²) in [5.41, 5.74) is 10.2. The fourth-order valence-electron chi connectivity index (χ4n) is 3.87. The van der Waals surface area contributed by atoms with Crippen molar-refractivity contribution in [2.75, 3.05) is 11.9 Å². The summed E-state index contributed by atoms with van der Waals surface area (Å²) in [4.78, 5) is 3.24. The molecule has 1 heterocycles. The van der Waals surface area contributed by atoms with Crippen LogP contribution in [0, 0.1) is 32.0 Å². The molecule has 4 nitrogen and oxygen atoms in total. The van der Waals surface area contributed by atoms with Crippen molar-refractivity contribution in [1.82, 2.24) is 5.43 Å². The topological polar surface area (TPSA) is 51.5 Å². The van der Waals surface area contributed by atoms with E-state index in [1.54, 1.807) is 17.4 Å². The highest BCUT2D eigenvalue weighted by Gasteiger charge is 2.23. The second-order valence-electron chi connectivity index (χ2n) is 8.42. The van der Waals surface area contributed by atoms with Crippen LogP contribution in [0.1, 0.15) is 46.5 Å². The average molecular weight is 463 g/mol. The van der Waals surface area contributed by atoms with E-state index >= 15 is 0 Å². The SMILES string of the molecule is C=NNC(C)N(C)c1sc(C)c(C)c1C(=N)c1ccc(-c2cc(C)c(C(=C)C)cc2F)cc1. The monoisotopic (exact) mass is 462 g/mol. The van der Waals surface area contributed by atoms with Crippen LogP contribution in [0.3, 0.4) is 0 Å². The lowest BCUT2D eigenvalue weighted by atomic mass is 9.94. The quantitative estimate of drug-likeness (QED) is 0.217. The lowest BCUT2D eigenvalue weighted by Crippen LogP contribution is -2.38. The van der Waals surface area contributed by atoms with Gasteiger partial charge in [-0.25, -0.2) is 4.39 Å². The zero-order valence-corrected chi connectivity index (χ0v) is 21.0. The number of halogens is 1. The third-order valence-corrected chi connectivity index (χ3v) is 7.35. The molecule has 0 aliphatic rings. The van der Waals surface area contributed by atoms with E-state index in [0.29, 0.717) is 11.3 Å². The number of aryl methyl sites for hydroxylation is 2. The first-order chi connectivity index (χ1) is 15.6. The third-order valence-electron chi connectivity index (χ3n) is 6.05. The number of hydrazone groups is 1. The highest BCUT2D eigenvalue weighted by Crippen LogP contribution is 2.37. The molecule has 6 heteroatoms. The Bertz CT molecular complexity index is 1220. The van der Waals surface area contributed by atoms with Gasteiger partial charge in [-0.3, -0.25) is 10.8 Å². The van der Waals surface area contributed by atoms with Gasteiger partial charge < -0.3 is 4.90 Å². The van der Waals surface area contributed by atoms with Crippen molar-refractivity contribution in [3.63, 3.8) is 0 Å². The van der Waals surface area contributed by atoms with Crippen molar-refractivity contribution in [2.24, 2.45) is 5.10 Å². The summed E-state index contributed by atoms with van der Waals surface area (Å²) in [6, 6.07) is 11.0. The van der Waals surface area contributed by atoms with Gasteiger partial charge in [-0.15, -0.1) is 11.3 Å². The maximum Gasteiger partial charge on any atom is 0.131 e. The third kappa shape index (κ3) is 4.76. The van der Waals surface area contributed by atoms with E-state index in [9.17, 15) is 4.39 Å². The van der Waals surface area contributed by atoms with Crippen LogP contribution in [0.15, 0.2) is 48.1 Å². The summed E-state index contributed by atoms with van der Waals surface area (Å²) in [5.74, 6) is -0.271. The van der Waals surface area contributed by atoms with Crippen molar-refractivity contribution in [3.05, 3.63) is 81.5 Å². The normalized spacial score (nSPS) is 11.7. The zero-order chi connectivity index (χ0) is 24.4. The molecule has 0 amide bonds. The molecule has 1 atom stereocenters. The van der Waals surface area contributed by atoms with Crippen LogP contribution in [0.25, 0.3) is 16.7 Å². The van der Waals surface area contributed by atoms with E-state index < -0.39 is 0 Å². The van der Waals surface area contributed by atoms with Crippen LogP contribution in [0.5, 0.6) is 0 Å². The van der Waals surface area contributed by atoms with E-state index in [2.05, 4.69) is 35.6 Å². The number of rotatable bonds is 8. The Balaban J connectivity index is 1.98. The van der Waals surface area contributed by atoms with Crippen molar-refractivity contribution in [2.45, 2.75) is 40.8 Å². The van der Waals surface area contributed by atoms with Crippen LogP contribution in [-0.4, -0.2) is 25.6 Å². The largest absolute Gasteiger partial charge is 0.345 e. The van der Waals surface area contributed by atoms with E-state index in [-0.39, 0.29) is 12.0 Å². The van der Waals surface area contributed by atoms with Crippen LogP contribution in [0.4, 0.5) is 9.39 Å². The molecule has 0 spiro atoms. The summed E-state index contributed by atoms with van der Waals surface area (Å²) < 4.78 is 14.8. The Morgan fingerprint density at radius 1 is 1.18 bits per heavy atom. The van der Waals surface area contributed by atoms with Gasteiger partial charge in [-0.2, -0.15) is 5.10 Å². The van der Waals surface area contributed by atoms with Gasteiger partial charge >= 0.3 is 0 Å². The number of anilines is 1. The standard InChI is InChI=1S/C27H31FN4S/c1-15(2)22-14-24(28)23(13-16(22)3)20-9-11-21(12-10-20)26(29)25-17(4)18(5)33-27(25)32(8)19(6)31-30-7/h9-14,19,29,31H,1,7H2,2-6,8H3. The predicted molar refractivity (Wildman–Crippen MR) is 142 cm³/mol. The highest BCUT2D eigenvalue weighted by molar-refractivity contribution is 7.16. The number of nitrogens with zero attached hydrogens (tertiary/aromatic N) is 2. The Hall–Kier alpha value is -3.25. The minimum Gasteiger partial charge on any atom is -0.345 e. The van der Waals surface area contributed by atoms with Gasteiger partial charge in [0, 0.05) is 35.3 Å². The number of thiophene rings is 1. The molecule has 3 aromatic rings. The Morgan fingerprint density at radius 3 is 2.39 bits per heavy atom. The van der Waals surface area contributed by atoms with Gasteiger partial charge in [0.05, 0.1) is 5.71 Å². The Morgan fingerprint density at radius 2 is 1.82 bits per heavy atom. The van der Waals surface area contributed by atoms with Crippen molar-refractivity contribution in [3.8, 4) is 11.1 Å². The Labute approximate surface area is 200 Å². The fraction of sp³-hybridized carbons (Fsp3) is 0.259. The van der Waals surface area contributed by atoms with Gasteiger partial charge in [0.1, 0.15) is 17.0 Å². The van der Waals surface area contributed by atoms with Gasteiger partial charge in [-0.05, 0) is 69.0 Å². The molecule has 0 aliphatic heterocycles. The summed E-state index contributed by atoms with van der Waals surface area (Å²) in [6.07, 6.45) is -0.0673. The first-order valence-corrected chi connectivity index (χ1v) is 11.6. The molecular formula is C27H31FN4S. The van der Waals surface area contributed by atoms with Crippen molar-refractivity contribution >= 4 is 34.3 Å². The fourth-order valence-corrected chi connectivity index (χ4v) is 5.07. The molecule has 0 saturated heterocycles. The van der Waals surface area contributed by atoms with Gasteiger partial charge in [0.15, 0.2) is 0 Å². The number of hydrogen-bond donors (Lipinski definition) is 2. The van der Waals surface area contributed by atoms with Crippen molar-refractivity contribution < 1.29 is 4.39 Å². The second-order valence-corrected chi connectivity index (χ2v) is 9.62. The maximum absolute atomic E-state index is 14.8. The van der Waals surface area contributed by atoms with Crippen LogP contribution in [-0.2, 0) is 0 Å². The highest BCUT2D eigenvalue weighted by atomic mass is 32.1. The molecule has 2 N–H and O–H groups in total. The lowest BCUT2D eigenvalue weighted by molar-refractivity contribution is 0.569. The molecular weight excluding hydrogens is 431 g/mol. The van der Waals surface area contributed by atoms with E-state index in [0.717, 1.165) is 44.0 Å². The first kappa shape index (κ1) is 24.4. The van der Waals surface area contributed by atoms with Crippen LogP contribution >= 0.6 is 11.3 Å².